The molecule has 6 heteroatoms. The van der Waals surface area contributed by atoms with Crippen LogP contribution >= 0.6 is 0 Å². The first kappa shape index (κ1) is 8.03. The summed E-state index contributed by atoms with van der Waals surface area (Å²) >= 11 is 0. The molecule has 2 heterocycles. The van der Waals surface area contributed by atoms with Crippen LogP contribution in [-0.4, -0.2) is 29.2 Å². The summed E-state index contributed by atoms with van der Waals surface area (Å²) in [5.74, 6) is 2.04. The lowest BCUT2D eigenvalue weighted by Crippen LogP contribution is -2.33. The maximum atomic E-state index is 4.82. The zero-order chi connectivity index (χ0) is 9.10. The minimum Gasteiger partial charge on any atom is -0.355 e. The van der Waals surface area contributed by atoms with E-state index in [4.69, 9.17) is 4.52 Å². The highest BCUT2D eigenvalue weighted by molar-refractivity contribution is 5.81. The Hall–Kier alpha value is -1.59. The van der Waals surface area contributed by atoms with E-state index < -0.39 is 0 Å². The zero-order valence-electron chi connectivity index (χ0n) is 7.37. The third-order valence-corrected chi connectivity index (χ3v) is 1.66. The topological polar surface area (TPSA) is 75.3 Å². The number of aliphatic imine (C=N–C) groups is 1. The van der Waals surface area contributed by atoms with Crippen molar-refractivity contribution in [3.63, 3.8) is 0 Å². The van der Waals surface area contributed by atoms with Gasteiger partial charge in [-0.25, -0.2) is 0 Å². The third-order valence-electron chi connectivity index (χ3n) is 1.66. The van der Waals surface area contributed by atoms with Crippen LogP contribution < -0.4 is 10.6 Å². The van der Waals surface area contributed by atoms with Crippen LogP contribution in [0.4, 0.5) is 0 Å². The zero-order valence-corrected chi connectivity index (χ0v) is 7.37. The molecule has 1 aliphatic heterocycles. The molecule has 2 rings (SSSR count). The van der Waals surface area contributed by atoms with Crippen LogP contribution in [0.2, 0.25) is 0 Å². The van der Waals surface area contributed by atoms with Crippen molar-refractivity contribution < 1.29 is 4.52 Å². The number of nitrogens with one attached hydrogen (secondary N) is 2. The van der Waals surface area contributed by atoms with Crippen molar-refractivity contribution in [2.45, 2.75) is 13.5 Å². The summed E-state index contributed by atoms with van der Waals surface area (Å²) in [4.78, 5) is 8.21. The average Bonchev–Trinajstić information content (AvgIpc) is 2.71. The van der Waals surface area contributed by atoms with E-state index in [-0.39, 0.29) is 0 Å². The molecule has 13 heavy (non-hydrogen) atoms. The van der Waals surface area contributed by atoms with Gasteiger partial charge in [-0.2, -0.15) is 4.98 Å². The van der Waals surface area contributed by atoms with Crippen LogP contribution in [0.15, 0.2) is 9.52 Å². The first-order valence-corrected chi connectivity index (χ1v) is 4.16. The molecule has 1 aromatic rings. The summed E-state index contributed by atoms with van der Waals surface area (Å²) in [5.41, 5.74) is 0. The summed E-state index contributed by atoms with van der Waals surface area (Å²) in [6.45, 7) is 4.03. The van der Waals surface area contributed by atoms with E-state index in [1.165, 1.54) is 0 Å². The lowest BCUT2D eigenvalue weighted by molar-refractivity contribution is 0.387. The van der Waals surface area contributed by atoms with Gasteiger partial charge in [0.1, 0.15) is 0 Å². The van der Waals surface area contributed by atoms with Crippen LogP contribution in [0.25, 0.3) is 0 Å². The largest absolute Gasteiger partial charge is 0.355 e. The quantitative estimate of drug-likeness (QED) is 0.639. The lowest BCUT2D eigenvalue weighted by Gasteiger charge is -2.01. The molecule has 6 nitrogen and oxygen atoms in total. The Morgan fingerprint density at radius 1 is 1.62 bits per heavy atom. The highest BCUT2D eigenvalue weighted by atomic mass is 16.5. The molecule has 0 atom stereocenters. The Bertz CT molecular complexity index is 318. The van der Waals surface area contributed by atoms with E-state index >= 15 is 0 Å². The van der Waals surface area contributed by atoms with Gasteiger partial charge in [0.25, 0.3) is 0 Å². The van der Waals surface area contributed by atoms with E-state index in [0.29, 0.717) is 18.3 Å². The molecule has 0 radical (unpaired) electrons. The Kier molecular flexibility index (Phi) is 2.11. The molecule has 0 aromatic carbocycles. The van der Waals surface area contributed by atoms with Crippen molar-refractivity contribution in [2.75, 3.05) is 13.1 Å². The van der Waals surface area contributed by atoms with Gasteiger partial charge in [-0.05, 0) is 0 Å². The SMILES string of the molecule is Cc1nc(CNC2=NCCN2)no1. The summed E-state index contributed by atoms with van der Waals surface area (Å²) in [7, 11) is 0. The minimum atomic E-state index is 0.545. The molecule has 0 amide bonds. The predicted molar refractivity (Wildman–Crippen MR) is 46.2 cm³/mol. The molecule has 2 N–H and O–H groups in total. The fraction of sp³-hybridized carbons (Fsp3) is 0.571. The summed E-state index contributed by atoms with van der Waals surface area (Å²) in [6.07, 6.45) is 0. The molecule has 1 aliphatic rings. The van der Waals surface area contributed by atoms with Gasteiger partial charge in [0.15, 0.2) is 11.8 Å². The first-order chi connectivity index (χ1) is 6.34. The van der Waals surface area contributed by atoms with Gasteiger partial charge in [0.2, 0.25) is 5.89 Å². The fourth-order valence-corrected chi connectivity index (χ4v) is 1.09. The monoisotopic (exact) mass is 181 g/mol. The Morgan fingerprint density at radius 2 is 2.54 bits per heavy atom. The lowest BCUT2D eigenvalue weighted by atomic mass is 10.6. The second-order valence-electron chi connectivity index (χ2n) is 2.74. The van der Waals surface area contributed by atoms with E-state index in [9.17, 15) is 0 Å². The Morgan fingerprint density at radius 3 is 3.15 bits per heavy atom. The number of hydrogen-bond acceptors (Lipinski definition) is 6. The van der Waals surface area contributed by atoms with Crippen molar-refractivity contribution in [3.05, 3.63) is 11.7 Å². The molecule has 0 saturated heterocycles. The van der Waals surface area contributed by atoms with Crippen LogP contribution in [0.5, 0.6) is 0 Å². The van der Waals surface area contributed by atoms with Crippen molar-refractivity contribution in [3.8, 4) is 0 Å². The van der Waals surface area contributed by atoms with E-state index in [1.807, 2.05) is 0 Å². The highest BCUT2D eigenvalue weighted by Crippen LogP contribution is 1.94. The number of nitrogens with zero attached hydrogens (tertiary/aromatic N) is 3. The maximum Gasteiger partial charge on any atom is 0.223 e. The van der Waals surface area contributed by atoms with Gasteiger partial charge in [-0.1, -0.05) is 5.16 Å². The standard InChI is InChI=1S/C7H11N5O/c1-5-11-6(12-13-5)4-10-7-8-2-3-9-7/h2-4H2,1H3,(H2,8,9,10). The van der Waals surface area contributed by atoms with Crippen LogP contribution in [0.3, 0.4) is 0 Å². The summed E-state index contributed by atoms with van der Waals surface area (Å²) in [5, 5.41) is 9.90. The number of aromatic nitrogens is 2. The third kappa shape index (κ3) is 1.95. The molecule has 0 saturated carbocycles. The maximum absolute atomic E-state index is 4.82. The molecule has 1 aromatic heterocycles. The normalized spacial score (nSPS) is 15.3. The number of hydrogen-bond donors (Lipinski definition) is 2. The van der Waals surface area contributed by atoms with Crippen molar-refractivity contribution >= 4 is 5.96 Å². The van der Waals surface area contributed by atoms with Crippen molar-refractivity contribution in [1.29, 1.82) is 0 Å². The van der Waals surface area contributed by atoms with Gasteiger partial charge in [-0.15, -0.1) is 0 Å². The van der Waals surface area contributed by atoms with Crippen molar-refractivity contribution in [1.82, 2.24) is 20.8 Å². The Labute approximate surface area is 75.4 Å². The van der Waals surface area contributed by atoms with Gasteiger partial charge >= 0.3 is 0 Å². The second-order valence-corrected chi connectivity index (χ2v) is 2.74. The summed E-state index contributed by atoms with van der Waals surface area (Å²) in [6, 6.07) is 0. The molecule has 0 fully saturated rings. The number of guanidine groups is 1. The van der Waals surface area contributed by atoms with Crippen LogP contribution in [-0.2, 0) is 6.54 Å². The fourth-order valence-electron chi connectivity index (χ4n) is 1.09. The molecular weight excluding hydrogens is 170 g/mol. The average molecular weight is 181 g/mol. The minimum absolute atomic E-state index is 0.545. The molecule has 0 aliphatic carbocycles. The molecular formula is C7H11N5O. The van der Waals surface area contributed by atoms with Crippen LogP contribution in [0, 0.1) is 6.92 Å². The van der Waals surface area contributed by atoms with Gasteiger partial charge in [0, 0.05) is 13.5 Å². The number of aryl methyl sites for hydroxylation is 1. The van der Waals surface area contributed by atoms with E-state index in [2.05, 4.69) is 25.8 Å². The molecule has 0 bridgehead atoms. The smallest absolute Gasteiger partial charge is 0.223 e. The first-order valence-electron chi connectivity index (χ1n) is 4.16. The highest BCUT2D eigenvalue weighted by Gasteiger charge is 2.06. The predicted octanol–water partition coefficient (Wildman–Crippen LogP) is -0.573. The summed E-state index contributed by atoms with van der Waals surface area (Å²) < 4.78 is 4.82. The van der Waals surface area contributed by atoms with Gasteiger partial charge in [0.05, 0.1) is 13.1 Å². The van der Waals surface area contributed by atoms with Crippen LogP contribution in [0.1, 0.15) is 11.7 Å². The number of rotatable bonds is 2. The van der Waals surface area contributed by atoms with Gasteiger partial charge < -0.3 is 15.2 Å². The van der Waals surface area contributed by atoms with E-state index in [0.717, 1.165) is 19.0 Å². The second kappa shape index (κ2) is 3.42. The van der Waals surface area contributed by atoms with Crippen molar-refractivity contribution in [2.24, 2.45) is 4.99 Å². The molecule has 0 spiro atoms. The molecule has 0 unspecified atom stereocenters. The van der Waals surface area contributed by atoms with E-state index in [1.54, 1.807) is 6.92 Å². The van der Waals surface area contributed by atoms with Gasteiger partial charge in [-0.3, -0.25) is 4.99 Å². The molecule has 70 valence electrons. The Balaban J connectivity index is 1.85.